The molecule has 0 saturated carbocycles. The van der Waals surface area contributed by atoms with E-state index in [4.69, 9.17) is 9.47 Å². The molecule has 5 heteroatoms. The molecule has 1 saturated heterocycles. The first-order valence-corrected chi connectivity index (χ1v) is 8.68. The molecule has 1 aromatic carbocycles. The number of likely N-dealkylation sites (tertiary alicyclic amines) is 1. The van der Waals surface area contributed by atoms with Crippen LogP contribution in [-0.2, 0) is 16.0 Å². The molecule has 130 valence electrons. The van der Waals surface area contributed by atoms with Crippen LogP contribution in [0, 0.1) is 6.92 Å². The fraction of sp³-hybridized carbons (Fsp3) is 0.526. The Bertz CT molecular complexity index is 620. The first-order chi connectivity index (χ1) is 11.8. The molecule has 1 aliphatic heterocycles. The van der Waals surface area contributed by atoms with Crippen molar-refractivity contribution in [2.45, 2.75) is 32.4 Å². The monoisotopic (exact) mass is 329 g/mol. The first-order valence-electron chi connectivity index (χ1n) is 8.68. The Labute approximate surface area is 144 Å². The number of nitrogens with zero attached hydrogens (tertiary/aromatic N) is 3. The fourth-order valence-corrected chi connectivity index (χ4v) is 3.19. The molecule has 1 aromatic heterocycles. The van der Waals surface area contributed by atoms with Crippen LogP contribution in [0.15, 0.2) is 36.7 Å². The van der Waals surface area contributed by atoms with E-state index in [1.165, 1.54) is 11.1 Å². The van der Waals surface area contributed by atoms with Gasteiger partial charge in [0.15, 0.2) is 0 Å². The first kappa shape index (κ1) is 17.1. The highest BCUT2D eigenvalue weighted by atomic mass is 16.5. The molecule has 0 atom stereocenters. The molecule has 2 heterocycles. The molecule has 0 amide bonds. The second-order valence-electron chi connectivity index (χ2n) is 6.40. The van der Waals surface area contributed by atoms with Gasteiger partial charge in [-0.3, -0.25) is 4.90 Å². The van der Waals surface area contributed by atoms with Crippen molar-refractivity contribution < 1.29 is 9.47 Å². The maximum absolute atomic E-state index is 5.84. The molecule has 0 aliphatic carbocycles. The molecule has 0 spiro atoms. The minimum atomic E-state index is 0.389. The van der Waals surface area contributed by atoms with E-state index in [1.54, 1.807) is 7.11 Å². The number of ether oxygens (including phenoxy) is 2. The van der Waals surface area contributed by atoms with Crippen molar-refractivity contribution in [1.82, 2.24) is 14.7 Å². The topological polar surface area (TPSA) is 39.5 Å². The van der Waals surface area contributed by atoms with Crippen LogP contribution in [0.4, 0.5) is 0 Å². The van der Waals surface area contributed by atoms with Gasteiger partial charge in [-0.1, -0.05) is 6.07 Å². The molecule has 5 nitrogen and oxygen atoms in total. The van der Waals surface area contributed by atoms with Crippen molar-refractivity contribution in [1.29, 1.82) is 0 Å². The van der Waals surface area contributed by atoms with E-state index in [1.807, 2.05) is 23.1 Å². The van der Waals surface area contributed by atoms with E-state index >= 15 is 0 Å². The average molecular weight is 329 g/mol. The summed E-state index contributed by atoms with van der Waals surface area (Å²) in [6.45, 7) is 6.77. The molecule has 3 rings (SSSR count). The number of hydrogen-bond acceptors (Lipinski definition) is 4. The molecular weight excluding hydrogens is 302 g/mol. The summed E-state index contributed by atoms with van der Waals surface area (Å²) in [4.78, 5) is 2.52. The summed E-state index contributed by atoms with van der Waals surface area (Å²) in [5.74, 6) is 0. The molecular formula is C19H27N3O2. The van der Waals surface area contributed by atoms with E-state index < -0.39 is 0 Å². The molecule has 0 radical (unpaired) electrons. The fourth-order valence-electron chi connectivity index (χ4n) is 3.19. The Hall–Kier alpha value is -1.69. The molecule has 1 fully saturated rings. The molecule has 2 aromatic rings. The van der Waals surface area contributed by atoms with Crippen LogP contribution in [0.5, 0.6) is 0 Å². The maximum Gasteiger partial charge on any atom is 0.0704 e. The standard InChI is InChI=1S/C19H27N3O2/c1-16-14-18(22-9-3-8-20-22)5-4-17(16)15-21-10-6-19(7-11-21)24-13-12-23-2/h3-5,8-9,14,19H,6-7,10-13,15H2,1-2H3. The van der Waals surface area contributed by atoms with Crippen molar-refractivity contribution in [3.8, 4) is 5.69 Å². The largest absolute Gasteiger partial charge is 0.382 e. The van der Waals surface area contributed by atoms with E-state index in [0.29, 0.717) is 19.3 Å². The second-order valence-corrected chi connectivity index (χ2v) is 6.40. The minimum absolute atomic E-state index is 0.389. The van der Waals surface area contributed by atoms with Gasteiger partial charge in [0, 0.05) is 39.1 Å². The molecule has 0 unspecified atom stereocenters. The Morgan fingerprint density at radius 1 is 1.21 bits per heavy atom. The van der Waals surface area contributed by atoms with Gasteiger partial charge in [0.1, 0.15) is 0 Å². The van der Waals surface area contributed by atoms with Crippen molar-refractivity contribution >= 4 is 0 Å². The van der Waals surface area contributed by atoms with Crippen molar-refractivity contribution in [2.75, 3.05) is 33.4 Å². The van der Waals surface area contributed by atoms with Gasteiger partial charge in [0.25, 0.3) is 0 Å². The van der Waals surface area contributed by atoms with Gasteiger partial charge >= 0.3 is 0 Å². The number of rotatable bonds is 7. The zero-order valence-electron chi connectivity index (χ0n) is 14.6. The van der Waals surface area contributed by atoms with Gasteiger partial charge in [0.05, 0.1) is 25.0 Å². The van der Waals surface area contributed by atoms with E-state index in [2.05, 4.69) is 35.1 Å². The summed E-state index contributed by atoms with van der Waals surface area (Å²) in [5, 5.41) is 4.30. The van der Waals surface area contributed by atoms with Gasteiger partial charge in [-0.25, -0.2) is 4.68 Å². The van der Waals surface area contributed by atoms with Crippen LogP contribution in [-0.4, -0.2) is 54.2 Å². The SMILES string of the molecule is COCCOC1CCN(Cc2ccc(-n3cccn3)cc2C)CC1. The summed E-state index contributed by atoms with van der Waals surface area (Å²) < 4.78 is 12.8. The number of aromatic nitrogens is 2. The Morgan fingerprint density at radius 2 is 2.04 bits per heavy atom. The van der Waals surface area contributed by atoms with Crippen molar-refractivity contribution in [2.24, 2.45) is 0 Å². The number of methoxy groups -OCH3 is 1. The number of benzene rings is 1. The van der Waals surface area contributed by atoms with Crippen LogP contribution in [0.2, 0.25) is 0 Å². The Morgan fingerprint density at radius 3 is 2.71 bits per heavy atom. The third-order valence-electron chi connectivity index (χ3n) is 4.66. The Kier molecular flexibility index (Phi) is 6.01. The second kappa shape index (κ2) is 8.42. The average Bonchev–Trinajstić information content (AvgIpc) is 3.13. The molecule has 0 N–H and O–H groups in total. The number of aryl methyl sites for hydroxylation is 1. The zero-order valence-corrected chi connectivity index (χ0v) is 14.6. The predicted molar refractivity (Wildman–Crippen MR) is 94.4 cm³/mol. The summed E-state index contributed by atoms with van der Waals surface area (Å²) in [7, 11) is 1.71. The summed E-state index contributed by atoms with van der Waals surface area (Å²) in [6.07, 6.45) is 6.38. The smallest absolute Gasteiger partial charge is 0.0704 e. The summed E-state index contributed by atoms with van der Waals surface area (Å²) in [6, 6.07) is 8.54. The van der Waals surface area contributed by atoms with Crippen LogP contribution in [0.3, 0.4) is 0 Å². The summed E-state index contributed by atoms with van der Waals surface area (Å²) >= 11 is 0. The van der Waals surface area contributed by atoms with Crippen LogP contribution in [0.1, 0.15) is 24.0 Å². The third-order valence-corrected chi connectivity index (χ3v) is 4.66. The quantitative estimate of drug-likeness (QED) is 0.732. The molecule has 1 aliphatic rings. The minimum Gasteiger partial charge on any atom is -0.382 e. The van der Waals surface area contributed by atoms with Gasteiger partial charge < -0.3 is 9.47 Å². The number of hydrogen-bond donors (Lipinski definition) is 0. The highest BCUT2D eigenvalue weighted by molar-refractivity contribution is 5.39. The normalized spacial score (nSPS) is 16.6. The van der Waals surface area contributed by atoms with Gasteiger partial charge in [-0.05, 0) is 49.1 Å². The van der Waals surface area contributed by atoms with Crippen molar-refractivity contribution in [3.63, 3.8) is 0 Å². The summed E-state index contributed by atoms with van der Waals surface area (Å²) in [5.41, 5.74) is 3.83. The lowest BCUT2D eigenvalue weighted by molar-refractivity contribution is -0.0158. The Balaban J connectivity index is 1.52. The lowest BCUT2D eigenvalue weighted by atomic mass is 10.0. The number of piperidine rings is 1. The van der Waals surface area contributed by atoms with E-state index in [9.17, 15) is 0 Å². The lowest BCUT2D eigenvalue weighted by Gasteiger charge is -2.32. The van der Waals surface area contributed by atoms with E-state index in [-0.39, 0.29) is 0 Å². The maximum atomic E-state index is 5.84. The van der Waals surface area contributed by atoms with Crippen LogP contribution >= 0.6 is 0 Å². The highest BCUT2D eigenvalue weighted by Gasteiger charge is 2.20. The van der Waals surface area contributed by atoms with Crippen LogP contribution < -0.4 is 0 Å². The van der Waals surface area contributed by atoms with Crippen molar-refractivity contribution in [3.05, 3.63) is 47.8 Å². The highest BCUT2D eigenvalue weighted by Crippen LogP contribution is 2.20. The lowest BCUT2D eigenvalue weighted by Crippen LogP contribution is -2.37. The van der Waals surface area contributed by atoms with Gasteiger partial charge in [-0.2, -0.15) is 5.10 Å². The zero-order chi connectivity index (χ0) is 16.8. The van der Waals surface area contributed by atoms with Gasteiger partial charge in [-0.15, -0.1) is 0 Å². The van der Waals surface area contributed by atoms with E-state index in [0.717, 1.165) is 38.2 Å². The predicted octanol–water partition coefficient (Wildman–Crippen LogP) is 2.81. The van der Waals surface area contributed by atoms with Gasteiger partial charge in [0.2, 0.25) is 0 Å². The molecule has 0 bridgehead atoms. The third kappa shape index (κ3) is 4.44. The molecule has 24 heavy (non-hydrogen) atoms. The van der Waals surface area contributed by atoms with Crippen LogP contribution in [0.25, 0.3) is 5.69 Å².